The summed E-state index contributed by atoms with van der Waals surface area (Å²) in [6.45, 7) is 1.61. The molecule has 0 bridgehead atoms. The lowest BCUT2D eigenvalue weighted by molar-refractivity contribution is -0.141. The Morgan fingerprint density at radius 2 is 1.31 bits per heavy atom. The van der Waals surface area contributed by atoms with Crippen LogP contribution in [0.3, 0.4) is 0 Å². The predicted octanol–water partition coefficient (Wildman–Crippen LogP) is 5.38. The van der Waals surface area contributed by atoms with E-state index in [1.165, 1.54) is 4.31 Å². The number of hydrogen-bond acceptors (Lipinski definition) is 6. The summed E-state index contributed by atoms with van der Waals surface area (Å²) in [6, 6.07) is 30.6. The molecule has 48 heavy (non-hydrogen) atoms. The highest BCUT2D eigenvalue weighted by atomic mass is 32.2. The number of aryl methyl sites for hydroxylation is 1. The third-order valence-electron chi connectivity index (χ3n) is 8.66. The van der Waals surface area contributed by atoms with E-state index in [1.807, 2.05) is 78.9 Å². The van der Waals surface area contributed by atoms with Crippen LogP contribution in [0.1, 0.15) is 41.5 Å². The van der Waals surface area contributed by atoms with Crippen LogP contribution < -0.4 is 14.8 Å². The van der Waals surface area contributed by atoms with Gasteiger partial charge in [0.2, 0.25) is 21.8 Å². The number of carbonyl (C=O) groups excluding carboxylic acids is 2. The maximum absolute atomic E-state index is 14.1. The number of nitrogens with zero attached hydrogens (tertiary/aromatic N) is 2. The molecule has 10 heteroatoms. The lowest BCUT2D eigenvalue weighted by Crippen LogP contribution is -2.50. The minimum Gasteiger partial charge on any atom is -0.497 e. The molecular weight excluding hydrogens is 626 g/mol. The van der Waals surface area contributed by atoms with Crippen LogP contribution in [0.4, 0.5) is 0 Å². The number of ether oxygens (including phenoxy) is 2. The van der Waals surface area contributed by atoms with Crippen LogP contribution in [0.25, 0.3) is 0 Å². The van der Waals surface area contributed by atoms with Crippen molar-refractivity contribution in [3.05, 3.63) is 125 Å². The number of sulfonamides is 1. The molecule has 0 radical (unpaired) electrons. The molecule has 1 unspecified atom stereocenters. The molecule has 1 aliphatic heterocycles. The fourth-order valence-corrected chi connectivity index (χ4v) is 7.35. The quantitative estimate of drug-likeness (QED) is 0.182. The summed E-state index contributed by atoms with van der Waals surface area (Å²) in [4.78, 5) is 30.0. The van der Waals surface area contributed by atoms with Gasteiger partial charge in [-0.1, -0.05) is 66.7 Å². The summed E-state index contributed by atoms with van der Waals surface area (Å²) in [5.41, 5.74) is 3.55. The molecule has 4 aromatic carbocycles. The molecule has 1 fully saturated rings. The lowest BCUT2D eigenvalue weighted by Gasteiger charge is -2.32. The van der Waals surface area contributed by atoms with Gasteiger partial charge in [0, 0.05) is 39.0 Å². The third kappa shape index (κ3) is 9.02. The molecule has 5 rings (SSSR count). The molecule has 1 saturated heterocycles. The first-order valence-corrected chi connectivity index (χ1v) is 17.7. The maximum atomic E-state index is 14.1. The highest BCUT2D eigenvalue weighted by molar-refractivity contribution is 7.89. The number of hydrogen-bond donors (Lipinski definition) is 1. The number of methoxy groups -OCH3 is 2. The number of benzene rings is 4. The van der Waals surface area contributed by atoms with Crippen molar-refractivity contribution in [2.45, 2.75) is 56.1 Å². The van der Waals surface area contributed by atoms with Crippen LogP contribution in [0, 0.1) is 0 Å². The summed E-state index contributed by atoms with van der Waals surface area (Å²) in [5, 5.41) is 3.06. The van der Waals surface area contributed by atoms with Crippen molar-refractivity contribution in [2.75, 3.05) is 27.3 Å². The normalized spacial score (nSPS) is 13.9. The Bertz CT molecular complexity index is 1740. The number of amides is 2. The number of rotatable bonds is 15. The molecule has 2 amide bonds. The van der Waals surface area contributed by atoms with Gasteiger partial charge in [-0.15, -0.1) is 0 Å². The van der Waals surface area contributed by atoms with Crippen molar-refractivity contribution < 1.29 is 27.5 Å². The van der Waals surface area contributed by atoms with Gasteiger partial charge in [-0.2, -0.15) is 4.31 Å². The molecule has 9 nitrogen and oxygen atoms in total. The van der Waals surface area contributed by atoms with Gasteiger partial charge in [-0.05, 0) is 77.9 Å². The summed E-state index contributed by atoms with van der Waals surface area (Å²) >= 11 is 0. The highest BCUT2D eigenvalue weighted by Gasteiger charge is 2.31. The first-order valence-electron chi connectivity index (χ1n) is 16.2. The summed E-state index contributed by atoms with van der Waals surface area (Å²) in [5.74, 6) is 0.990. The second-order valence-corrected chi connectivity index (χ2v) is 13.8. The zero-order valence-electron chi connectivity index (χ0n) is 27.5. The molecule has 4 aromatic rings. The predicted molar refractivity (Wildman–Crippen MR) is 185 cm³/mol. The minimum atomic E-state index is -3.52. The van der Waals surface area contributed by atoms with E-state index in [4.69, 9.17) is 9.47 Å². The van der Waals surface area contributed by atoms with Gasteiger partial charge in [-0.25, -0.2) is 8.42 Å². The van der Waals surface area contributed by atoms with E-state index in [0.717, 1.165) is 40.8 Å². The minimum absolute atomic E-state index is 0.144. The van der Waals surface area contributed by atoms with Gasteiger partial charge in [0.1, 0.15) is 17.5 Å². The van der Waals surface area contributed by atoms with E-state index < -0.39 is 16.1 Å². The number of nitrogens with one attached hydrogen (secondary N) is 1. The van der Waals surface area contributed by atoms with Crippen molar-refractivity contribution in [2.24, 2.45) is 0 Å². The van der Waals surface area contributed by atoms with Crippen molar-refractivity contribution in [1.29, 1.82) is 0 Å². The van der Waals surface area contributed by atoms with E-state index in [2.05, 4.69) is 5.32 Å². The van der Waals surface area contributed by atoms with Crippen molar-refractivity contribution in [3.63, 3.8) is 0 Å². The Balaban J connectivity index is 1.37. The Labute approximate surface area is 283 Å². The molecule has 252 valence electrons. The van der Waals surface area contributed by atoms with Gasteiger partial charge in [0.25, 0.3) is 0 Å². The molecular formula is C38H43N3O6S. The molecule has 1 heterocycles. The van der Waals surface area contributed by atoms with Crippen molar-refractivity contribution >= 4 is 21.8 Å². The highest BCUT2D eigenvalue weighted by Crippen LogP contribution is 2.23. The molecule has 1 N–H and O–H groups in total. The van der Waals surface area contributed by atoms with E-state index in [9.17, 15) is 18.0 Å². The first-order chi connectivity index (χ1) is 23.3. The average Bonchev–Trinajstić information content (AvgIpc) is 3.69. The van der Waals surface area contributed by atoms with Crippen LogP contribution in [0.15, 0.2) is 108 Å². The molecule has 0 spiro atoms. The molecule has 0 aromatic heterocycles. The monoisotopic (exact) mass is 669 g/mol. The average molecular weight is 670 g/mol. The second kappa shape index (κ2) is 16.4. The Hall–Kier alpha value is -4.67. The SMILES string of the molecule is COc1ccc(CNC(=O)C(Cc2ccccc2)N(Cc2ccc(OC)cc2)C(=O)CCc2ccc(S(=O)(=O)N3CCCC3)cc2)cc1. The summed E-state index contributed by atoms with van der Waals surface area (Å²) in [6.07, 6.45) is 2.62. The standard InChI is InChI=1S/C38H43N3O6S/c1-46-33-17-10-31(11-18-33)27-39-38(43)36(26-30-8-4-3-5-9-30)41(28-32-12-19-34(47-2)20-13-32)37(42)23-16-29-14-21-35(22-15-29)48(44,45)40-24-6-7-25-40/h3-5,8-15,17-22,36H,6-7,16,23-28H2,1-2H3,(H,39,43). The fourth-order valence-electron chi connectivity index (χ4n) is 5.83. The van der Waals surface area contributed by atoms with Crippen LogP contribution in [-0.2, 0) is 45.5 Å². The molecule has 1 aliphatic rings. The number of carbonyl (C=O) groups is 2. The van der Waals surface area contributed by atoms with E-state index >= 15 is 0 Å². The Morgan fingerprint density at radius 3 is 1.90 bits per heavy atom. The van der Waals surface area contributed by atoms with Crippen molar-refractivity contribution in [3.8, 4) is 11.5 Å². The Morgan fingerprint density at radius 1 is 0.750 bits per heavy atom. The van der Waals surface area contributed by atoms with Crippen molar-refractivity contribution in [1.82, 2.24) is 14.5 Å². The van der Waals surface area contributed by atoms with E-state index in [0.29, 0.717) is 38.2 Å². The Kier molecular flexibility index (Phi) is 11.9. The van der Waals surface area contributed by atoms with Gasteiger partial charge in [0.15, 0.2) is 0 Å². The van der Waals surface area contributed by atoms with Crippen LogP contribution in [0.5, 0.6) is 11.5 Å². The smallest absolute Gasteiger partial charge is 0.243 e. The molecule has 1 atom stereocenters. The fraction of sp³-hybridized carbons (Fsp3) is 0.316. The summed E-state index contributed by atoms with van der Waals surface area (Å²) < 4.78 is 38.1. The van der Waals surface area contributed by atoms with Crippen LogP contribution in [-0.4, -0.2) is 62.8 Å². The maximum Gasteiger partial charge on any atom is 0.243 e. The third-order valence-corrected chi connectivity index (χ3v) is 10.6. The zero-order chi connectivity index (χ0) is 33.9. The van der Waals surface area contributed by atoms with Crippen LogP contribution in [0.2, 0.25) is 0 Å². The first kappa shape index (κ1) is 34.7. The topological polar surface area (TPSA) is 105 Å². The van der Waals surface area contributed by atoms with E-state index in [-0.39, 0.29) is 29.7 Å². The molecule has 0 saturated carbocycles. The van der Waals surface area contributed by atoms with Gasteiger partial charge in [-0.3, -0.25) is 9.59 Å². The van der Waals surface area contributed by atoms with Gasteiger partial charge < -0.3 is 19.7 Å². The van der Waals surface area contributed by atoms with E-state index in [1.54, 1.807) is 43.4 Å². The van der Waals surface area contributed by atoms with Gasteiger partial charge in [0.05, 0.1) is 19.1 Å². The van der Waals surface area contributed by atoms with Crippen LogP contribution >= 0.6 is 0 Å². The second-order valence-electron chi connectivity index (χ2n) is 11.9. The lowest BCUT2D eigenvalue weighted by atomic mass is 10.0. The molecule has 0 aliphatic carbocycles. The zero-order valence-corrected chi connectivity index (χ0v) is 28.3. The summed E-state index contributed by atoms with van der Waals surface area (Å²) in [7, 11) is -0.316. The van der Waals surface area contributed by atoms with Gasteiger partial charge >= 0.3 is 0 Å². The largest absolute Gasteiger partial charge is 0.497 e.